The quantitative estimate of drug-likeness (QED) is 0.362. The van der Waals surface area contributed by atoms with Gasteiger partial charge in [0.1, 0.15) is 5.82 Å². The fraction of sp³-hybridized carbons (Fsp3) is 0.0833. The van der Waals surface area contributed by atoms with Gasteiger partial charge in [0, 0.05) is 3.57 Å². The summed E-state index contributed by atoms with van der Waals surface area (Å²) in [5, 5.41) is 0.649. The number of aryl methyl sites for hydroxylation is 1. The molecule has 0 saturated heterocycles. The summed E-state index contributed by atoms with van der Waals surface area (Å²) in [6.45, 7) is 2.56. The summed E-state index contributed by atoms with van der Waals surface area (Å²) in [6, 6.07) is 24.0. The average Bonchev–Trinajstić information content (AvgIpc) is 2.71. The van der Waals surface area contributed by atoms with Crippen molar-refractivity contribution < 1.29 is 0 Å². The van der Waals surface area contributed by atoms with E-state index >= 15 is 0 Å². The molecule has 0 spiro atoms. The minimum absolute atomic E-state index is 0.0168. The molecule has 3 aromatic carbocycles. The topological polar surface area (TPSA) is 34.9 Å². The van der Waals surface area contributed by atoms with Crippen LogP contribution in [0.5, 0.6) is 0 Å². The Bertz CT molecular complexity index is 1230. The van der Waals surface area contributed by atoms with Crippen molar-refractivity contribution in [2.45, 2.75) is 13.5 Å². The van der Waals surface area contributed by atoms with E-state index in [0.717, 1.165) is 20.2 Å². The van der Waals surface area contributed by atoms with E-state index in [0.29, 0.717) is 17.8 Å². The highest BCUT2D eigenvalue weighted by Crippen LogP contribution is 2.16. The monoisotopic (exact) mass is 478 g/mol. The summed E-state index contributed by atoms with van der Waals surface area (Å²) in [4.78, 5) is 18.1. The highest BCUT2D eigenvalue weighted by atomic mass is 127. The molecule has 0 aliphatic rings. The van der Waals surface area contributed by atoms with Crippen LogP contribution in [0, 0.1) is 10.5 Å². The van der Waals surface area contributed by atoms with Crippen molar-refractivity contribution >= 4 is 45.6 Å². The smallest absolute Gasteiger partial charge is 0.261 e. The Morgan fingerprint density at radius 2 is 1.71 bits per heavy atom. The van der Waals surface area contributed by atoms with E-state index in [2.05, 4.69) is 41.6 Å². The Morgan fingerprint density at radius 3 is 2.50 bits per heavy atom. The Hall–Kier alpha value is -2.73. The number of rotatable bonds is 4. The summed E-state index contributed by atoms with van der Waals surface area (Å²) in [5.74, 6) is 0.658. The summed E-state index contributed by atoms with van der Waals surface area (Å²) >= 11 is 2.23. The van der Waals surface area contributed by atoms with Crippen molar-refractivity contribution in [2.75, 3.05) is 0 Å². The van der Waals surface area contributed by atoms with Gasteiger partial charge in [0.05, 0.1) is 17.4 Å². The lowest BCUT2D eigenvalue weighted by molar-refractivity contribution is 0.738. The van der Waals surface area contributed by atoms with E-state index in [1.54, 1.807) is 4.57 Å². The van der Waals surface area contributed by atoms with Crippen LogP contribution in [-0.4, -0.2) is 9.55 Å². The molecular weight excluding hydrogens is 459 g/mol. The van der Waals surface area contributed by atoms with Gasteiger partial charge in [0.2, 0.25) is 0 Å². The largest absolute Gasteiger partial charge is 0.288 e. The van der Waals surface area contributed by atoms with Crippen LogP contribution in [0.2, 0.25) is 0 Å². The Kier molecular flexibility index (Phi) is 5.39. The molecule has 0 aliphatic carbocycles. The molecule has 1 heterocycles. The molecule has 28 heavy (non-hydrogen) atoms. The molecule has 138 valence electrons. The Morgan fingerprint density at radius 1 is 0.964 bits per heavy atom. The van der Waals surface area contributed by atoms with Gasteiger partial charge in [-0.15, -0.1) is 0 Å². The Labute approximate surface area is 177 Å². The van der Waals surface area contributed by atoms with Crippen molar-refractivity contribution in [1.82, 2.24) is 9.55 Å². The molecule has 0 aliphatic heterocycles. The highest BCUT2D eigenvalue weighted by molar-refractivity contribution is 14.1. The zero-order valence-electron chi connectivity index (χ0n) is 15.5. The fourth-order valence-electron chi connectivity index (χ4n) is 3.19. The maximum atomic E-state index is 13.3. The average molecular weight is 478 g/mol. The van der Waals surface area contributed by atoms with Crippen molar-refractivity contribution in [2.24, 2.45) is 0 Å². The first-order valence-electron chi connectivity index (χ1n) is 9.09. The molecule has 0 amide bonds. The maximum Gasteiger partial charge on any atom is 0.261 e. The van der Waals surface area contributed by atoms with Crippen LogP contribution in [0.3, 0.4) is 0 Å². The normalized spacial score (nSPS) is 11.4. The molecule has 0 saturated carbocycles. The first-order chi connectivity index (χ1) is 13.6. The molecule has 4 rings (SSSR count). The van der Waals surface area contributed by atoms with Gasteiger partial charge in [-0.25, -0.2) is 4.98 Å². The molecule has 0 bridgehead atoms. The molecule has 0 N–H and O–H groups in total. The van der Waals surface area contributed by atoms with E-state index in [4.69, 9.17) is 4.98 Å². The summed E-state index contributed by atoms with van der Waals surface area (Å²) in [5.41, 5.74) is 4.08. The molecule has 0 unspecified atom stereocenters. The standard InChI is InChI=1S/C24H19IN2O/c1-17-7-5-6-10-19(17)11-14-23-26-22-13-12-20(25)15-21(22)24(28)27(23)16-18-8-3-2-4-9-18/h2-15H,16H2,1H3. The van der Waals surface area contributed by atoms with Gasteiger partial charge in [0.15, 0.2) is 0 Å². The third kappa shape index (κ3) is 3.92. The number of aromatic nitrogens is 2. The molecule has 1 aromatic heterocycles. The van der Waals surface area contributed by atoms with Gasteiger partial charge in [-0.2, -0.15) is 0 Å². The third-order valence-electron chi connectivity index (χ3n) is 4.73. The SMILES string of the molecule is Cc1ccccc1C=Cc1nc2ccc(I)cc2c(=O)n1Cc1ccccc1. The van der Waals surface area contributed by atoms with E-state index in [1.807, 2.05) is 72.8 Å². The van der Waals surface area contributed by atoms with E-state index in [-0.39, 0.29) is 5.56 Å². The molecule has 3 nitrogen and oxygen atoms in total. The predicted octanol–water partition coefficient (Wildman–Crippen LogP) is 5.53. The predicted molar refractivity (Wildman–Crippen MR) is 124 cm³/mol. The van der Waals surface area contributed by atoms with Crippen molar-refractivity contribution in [3.05, 3.63) is 109 Å². The van der Waals surface area contributed by atoms with Gasteiger partial charge in [-0.1, -0.05) is 60.7 Å². The first-order valence-corrected chi connectivity index (χ1v) is 10.2. The fourth-order valence-corrected chi connectivity index (χ4v) is 3.69. The van der Waals surface area contributed by atoms with Crippen LogP contribution in [0.4, 0.5) is 0 Å². The maximum absolute atomic E-state index is 13.3. The zero-order chi connectivity index (χ0) is 19.5. The van der Waals surface area contributed by atoms with Crippen LogP contribution >= 0.6 is 22.6 Å². The van der Waals surface area contributed by atoms with E-state index in [9.17, 15) is 4.79 Å². The molecule has 0 atom stereocenters. The number of benzene rings is 3. The molecule has 4 aromatic rings. The summed E-state index contributed by atoms with van der Waals surface area (Å²) in [7, 11) is 0. The summed E-state index contributed by atoms with van der Waals surface area (Å²) < 4.78 is 2.78. The van der Waals surface area contributed by atoms with E-state index < -0.39 is 0 Å². The molecule has 0 radical (unpaired) electrons. The minimum atomic E-state index is -0.0168. The molecule has 4 heteroatoms. The van der Waals surface area contributed by atoms with Crippen LogP contribution in [0.25, 0.3) is 23.1 Å². The zero-order valence-corrected chi connectivity index (χ0v) is 17.6. The molecule has 0 fully saturated rings. The van der Waals surface area contributed by atoms with Crippen LogP contribution < -0.4 is 5.56 Å². The highest BCUT2D eigenvalue weighted by Gasteiger charge is 2.10. The number of hydrogen-bond donors (Lipinski definition) is 0. The van der Waals surface area contributed by atoms with Gasteiger partial charge in [-0.3, -0.25) is 9.36 Å². The van der Waals surface area contributed by atoms with Gasteiger partial charge in [-0.05, 0) is 70.5 Å². The van der Waals surface area contributed by atoms with E-state index in [1.165, 1.54) is 5.56 Å². The number of nitrogens with zero attached hydrogens (tertiary/aromatic N) is 2. The summed E-state index contributed by atoms with van der Waals surface area (Å²) in [6.07, 6.45) is 3.96. The lowest BCUT2D eigenvalue weighted by atomic mass is 10.1. The van der Waals surface area contributed by atoms with Crippen LogP contribution in [0.1, 0.15) is 22.5 Å². The van der Waals surface area contributed by atoms with Crippen LogP contribution in [-0.2, 0) is 6.54 Å². The lowest BCUT2D eigenvalue weighted by Gasteiger charge is -2.12. The second-order valence-corrected chi connectivity index (χ2v) is 7.94. The second kappa shape index (κ2) is 8.10. The van der Waals surface area contributed by atoms with Crippen molar-refractivity contribution in [3.63, 3.8) is 0 Å². The third-order valence-corrected chi connectivity index (χ3v) is 5.40. The minimum Gasteiger partial charge on any atom is -0.288 e. The number of hydrogen-bond acceptors (Lipinski definition) is 2. The lowest BCUT2D eigenvalue weighted by Crippen LogP contribution is -2.24. The second-order valence-electron chi connectivity index (χ2n) is 6.70. The van der Waals surface area contributed by atoms with Gasteiger partial charge >= 0.3 is 0 Å². The van der Waals surface area contributed by atoms with Crippen molar-refractivity contribution in [3.8, 4) is 0 Å². The first kappa shape index (κ1) is 18.6. The number of fused-ring (bicyclic) bond motifs is 1. The van der Waals surface area contributed by atoms with Gasteiger partial charge in [0.25, 0.3) is 5.56 Å². The Balaban J connectivity index is 1.88. The van der Waals surface area contributed by atoms with Crippen molar-refractivity contribution in [1.29, 1.82) is 0 Å². The number of halogens is 1. The van der Waals surface area contributed by atoms with Crippen LogP contribution in [0.15, 0.2) is 77.6 Å². The van der Waals surface area contributed by atoms with Gasteiger partial charge < -0.3 is 0 Å². The molecular formula is C24H19IN2O.